The molecule has 2 aliphatic rings. The van der Waals surface area contributed by atoms with Crippen LogP contribution in [0.2, 0.25) is 0 Å². The molecule has 0 spiro atoms. The van der Waals surface area contributed by atoms with Crippen molar-refractivity contribution < 1.29 is 19.4 Å². The van der Waals surface area contributed by atoms with Crippen molar-refractivity contribution in [3.8, 4) is 5.75 Å². The molecule has 1 aliphatic carbocycles. The first-order valence-corrected chi connectivity index (χ1v) is 7.38. The average Bonchev–Trinajstić information content (AvgIpc) is 3.29. The number of para-hydroxylation sites is 1. The van der Waals surface area contributed by atoms with Crippen LogP contribution >= 0.6 is 0 Å². The maximum Gasteiger partial charge on any atom is 0.323 e. The van der Waals surface area contributed by atoms with Gasteiger partial charge in [-0.25, -0.2) is 0 Å². The summed E-state index contributed by atoms with van der Waals surface area (Å²) in [4.78, 5) is 24.9. The number of nitrogens with zero attached hydrogens (tertiary/aromatic N) is 1. The van der Waals surface area contributed by atoms with Gasteiger partial charge in [-0.15, -0.1) is 0 Å². The Morgan fingerprint density at radius 1 is 1.24 bits per heavy atom. The van der Waals surface area contributed by atoms with Crippen LogP contribution in [0.4, 0.5) is 0 Å². The number of carbonyl (C=O) groups excluding carboxylic acids is 1. The number of ether oxygens (including phenoxy) is 1. The molecule has 1 atom stereocenters. The number of hydrogen-bond acceptors (Lipinski definition) is 3. The predicted molar refractivity (Wildman–Crippen MR) is 76.3 cm³/mol. The van der Waals surface area contributed by atoms with Crippen LogP contribution in [0.15, 0.2) is 24.3 Å². The summed E-state index contributed by atoms with van der Waals surface area (Å²) >= 11 is 0. The van der Waals surface area contributed by atoms with Crippen LogP contribution in [0.1, 0.15) is 37.2 Å². The summed E-state index contributed by atoms with van der Waals surface area (Å²) < 4.78 is 5.60. The van der Waals surface area contributed by atoms with Gasteiger partial charge in [0.25, 0.3) is 0 Å². The second kappa shape index (κ2) is 5.76. The predicted octanol–water partition coefficient (Wildman–Crippen LogP) is 2.02. The lowest BCUT2D eigenvalue weighted by molar-refractivity contribution is -0.145. The lowest BCUT2D eigenvalue weighted by Gasteiger charge is -2.28. The van der Waals surface area contributed by atoms with Gasteiger partial charge in [-0.05, 0) is 36.8 Å². The molecule has 1 aromatic carbocycles. The normalized spacial score (nSPS) is 20.3. The molecule has 21 heavy (non-hydrogen) atoms. The minimum absolute atomic E-state index is 0.0541. The van der Waals surface area contributed by atoms with E-state index in [1.165, 1.54) is 4.90 Å². The van der Waals surface area contributed by atoms with E-state index in [1.807, 2.05) is 24.3 Å². The van der Waals surface area contributed by atoms with Gasteiger partial charge in [0.1, 0.15) is 12.3 Å². The molecule has 5 heteroatoms. The zero-order valence-corrected chi connectivity index (χ0v) is 11.8. The van der Waals surface area contributed by atoms with E-state index in [9.17, 15) is 9.59 Å². The molecule has 3 rings (SSSR count). The van der Waals surface area contributed by atoms with Crippen LogP contribution in [0.25, 0.3) is 0 Å². The van der Waals surface area contributed by atoms with Gasteiger partial charge in [0, 0.05) is 12.5 Å². The van der Waals surface area contributed by atoms with Crippen LogP contribution in [0.5, 0.6) is 5.75 Å². The third-order valence-corrected chi connectivity index (χ3v) is 4.12. The molecule has 5 nitrogen and oxygen atoms in total. The Bertz CT molecular complexity index is 553. The van der Waals surface area contributed by atoms with Gasteiger partial charge < -0.3 is 14.7 Å². The minimum atomic E-state index is -0.942. The van der Waals surface area contributed by atoms with E-state index in [1.54, 1.807) is 0 Å². The highest BCUT2D eigenvalue weighted by atomic mass is 16.5. The number of carboxylic acid groups (broad SMARTS) is 1. The molecule has 0 radical (unpaired) electrons. The van der Waals surface area contributed by atoms with Crippen molar-refractivity contribution in [2.45, 2.75) is 37.6 Å². The first kappa shape index (κ1) is 13.9. The monoisotopic (exact) mass is 289 g/mol. The standard InChI is InChI=1S/C16H19NO4/c18-15(17(10-16(19)20)12-5-6-12)9-11-7-8-21-14-4-2-1-3-13(11)14/h1-4,11-12H,5-10H2,(H,19,20)/t11-/m0/s1. The fourth-order valence-corrected chi connectivity index (χ4v) is 2.91. The Labute approximate surface area is 123 Å². The Kier molecular flexibility index (Phi) is 3.82. The lowest BCUT2D eigenvalue weighted by Crippen LogP contribution is -2.38. The topological polar surface area (TPSA) is 66.8 Å². The molecular formula is C16H19NO4. The van der Waals surface area contributed by atoms with Crippen molar-refractivity contribution in [3.05, 3.63) is 29.8 Å². The first-order chi connectivity index (χ1) is 10.1. The van der Waals surface area contributed by atoms with Crippen molar-refractivity contribution in [2.75, 3.05) is 13.2 Å². The second-order valence-electron chi connectivity index (χ2n) is 5.72. The number of carboxylic acids is 1. The minimum Gasteiger partial charge on any atom is -0.493 e. The quantitative estimate of drug-likeness (QED) is 0.900. The average molecular weight is 289 g/mol. The number of aliphatic carboxylic acids is 1. The molecule has 1 amide bonds. The Morgan fingerprint density at radius 2 is 2.00 bits per heavy atom. The van der Waals surface area contributed by atoms with Crippen LogP contribution in [0.3, 0.4) is 0 Å². The van der Waals surface area contributed by atoms with Crippen molar-refractivity contribution in [1.82, 2.24) is 4.90 Å². The highest BCUT2D eigenvalue weighted by Gasteiger charge is 2.35. The van der Waals surface area contributed by atoms with E-state index in [2.05, 4.69) is 0 Å². The molecule has 0 aromatic heterocycles. The summed E-state index contributed by atoms with van der Waals surface area (Å²) in [6, 6.07) is 7.90. The third-order valence-electron chi connectivity index (χ3n) is 4.12. The number of rotatable bonds is 5. The zero-order valence-electron chi connectivity index (χ0n) is 11.8. The van der Waals surface area contributed by atoms with Gasteiger partial charge >= 0.3 is 5.97 Å². The number of amides is 1. The van der Waals surface area contributed by atoms with E-state index >= 15 is 0 Å². The van der Waals surface area contributed by atoms with Crippen molar-refractivity contribution >= 4 is 11.9 Å². The third kappa shape index (κ3) is 3.17. The summed E-state index contributed by atoms with van der Waals surface area (Å²) in [6.45, 7) is 0.422. The molecular weight excluding hydrogens is 270 g/mol. The van der Waals surface area contributed by atoms with E-state index in [0.29, 0.717) is 13.0 Å². The van der Waals surface area contributed by atoms with Crippen LogP contribution < -0.4 is 4.74 Å². The van der Waals surface area contributed by atoms with Gasteiger partial charge in [-0.1, -0.05) is 18.2 Å². The fraction of sp³-hybridized carbons (Fsp3) is 0.500. The largest absolute Gasteiger partial charge is 0.493 e. The summed E-state index contributed by atoms with van der Waals surface area (Å²) in [5.74, 6) is -0.0283. The van der Waals surface area contributed by atoms with Crippen LogP contribution in [-0.4, -0.2) is 41.1 Å². The van der Waals surface area contributed by atoms with Crippen molar-refractivity contribution in [3.63, 3.8) is 0 Å². The van der Waals surface area contributed by atoms with Crippen molar-refractivity contribution in [2.24, 2.45) is 0 Å². The van der Waals surface area contributed by atoms with Gasteiger partial charge in [-0.3, -0.25) is 9.59 Å². The summed E-state index contributed by atoms with van der Waals surface area (Å²) in [5.41, 5.74) is 1.06. The Hall–Kier alpha value is -2.04. The zero-order chi connectivity index (χ0) is 14.8. The van der Waals surface area contributed by atoms with Crippen LogP contribution in [0, 0.1) is 0 Å². The molecule has 112 valence electrons. The molecule has 0 bridgehead atoms. The molecule has 0 saturated heterocycles. The molecule has 1 saturated carbocycles. The summed E-state index contributed by atoms with van der Waals surface area (Å²) in [5, 5.41) is 8.96. The molecule has 1 aliphatic heterocycles. The maximum absolute atomic E-state index is 12.5. The molecule has 1 aromatic rings. The Morgan fingerprint density at radius 3 is 2.71 bits per heavy atom. The van der Waals surface area contributed by atoms with Gasteiger partial charge in [0.2, 0.25) is 5.91 Å². The van der Waals surface area contributed by atoms with Gasteiger partial charge in [0.15, 0.2) is 0 Å². The fourth-order valence-electron chi connectivity index (χ4n) is 2.91. The van der Waals surface area contributed by atoms with E-state index in [4.69, 9.17) is 9.84 Å². The Balaban J connectivity index is 1.71. The summed E-state index contributed by atoms with van der Waals surface area (Å²) in [6.07, 6.45) is 3.01. The number of benzene rings is 1. The molecule has 1 heterocycles. The molecule has 1 N–H and O–H groups in total. The van der Waals surface area contributed by atoms with Crippen molar-refractivity contribution in [1.29, 1.82) is 0 Å². The SMILES string of the molecule is O=C(O)CN(C(=O)C[C@@H]1CCOc2ccccc21)C1CC1. The summed E-state index contributed by atoms with van der Waals surface area (Å²) in [7, 11) is 0. The van der Waals surface area contributed by atoms with Gasteiger partial charge in [0.05, 0.1) is 6.61 Å². The van der Waals surface area contributed by atoms with E-state index in [0.717, 1.165) is 30.6 Å². The van der Waals surface area contributed by atoms with E-state index < -0.39 is 5.97 Å². The van der Waals surface area contributed by atoms with E-state index in [-0.39, 0.29) is 24.4 Å². The maximum atomic E-state index is 12.5. The van der Waals surface area contributed by atoms with Gasteiger partial charge in [-0.2, -0.15) is 0 Å². The second-order valence-corrected chi connectivity index (χ2v) is 5.72. The number of hydrogen-bond donors (Lipinski definition) is 1. The number of carbonyl (C=O) groups is 2. The highest BCUT2D eigenvalue weighted by Crippen LogP contribution is 2.37. The lowest BCUT2D eigenvalue weighted by atomic mass is 9.90. The smallest absolute Gasteiger partial charge is 0.323 e. The van der Waals surface area contributed by atoms with Crippen LogP contribution in [-0.2, 0) is 9.59 Å². The first-order valence-electron chi connectivity index (χ1n) is 7.38. The highest BCUT2D eigenvalue weighted by molar-refractivity contribution is 5.82. The molecule has 1 fully saturated rings. The molecule has 0 unspecified atom stereocenters. The number of fused-ring (bicyclic) bond motifs is 1.